The predicted molar refractivity (Wildman–Crippen MR) is 94.7 cm³/mol. The van der Waals surface area contributed by atoms with Gasteiger partial charge in [0.2, 0.25) is 0 Å². The Balaban J connectivity index is 1.40. The van der Waals surface area contributed by atoms with Gasteiger partial charge in [-0.15, -0.1) is 0 Å². The molecule has 0 saturated carbocycles. The highest BCUT2D eigenvalue weighted by Gasteiger charge is 2.13. The van der Waals surface area contributed by atoms with Gasteiger partial charge in [0.15, 0.2) is 0 Å². The van der Waals surface area contributed by atoms with E-state index < -0.39 is 0 Å². The minimum Gasteiger partial charge on any atom is -0.383 e. The maximum absolute atomic E-state index is 5.78. The molecule has 1 N–H and O–H groups in total. The van der Waals surface area contributed by atoms with Crippen LogP contribution in [0.1, 0.15) is 19.3 Å². The number of nitrogens with one attached hydrogen (secondary N) is 1. The number of halogens is 1. The van der Waals surface area contributed by atoms with E-state index >= 15 is 0 Å². The molecule has 2 aromatic heterocycles. The molecule has 1 aliphatic rings. The van der Waals surface area contributed by atoms with Crippen molar-refractivity contribution >= 4 is 32.7 Å². The Morgan fingerprint density at radius 3 is 3.04 bits per heavy atom. The van der Waals surface area contributed by atoms with Crippen LogP contribution in [-0.2, 0) is 9.47 Å². The normalized spacial score (nSPS) is 15.9. The van der Waals surface area contributed by atoms with Crippen molar-refractivity contribution in [3.8, 4) is 0 Å². The van der Waals surface area contributed by atoms with Crippen molar-refractivity contribution in [2.45, 2.75) is 19.3 Å². The molecule has 0 radical (unpaired) electrons. The second-order valence-electron chi connectivity index (χ2n) is 5.79. The molecule has 1 saturated heterocycles. The zero-order chi connectivity index (χ0) is 15.9. The molecule has 0 atom stereocenters. The molecular formula is C17H22BrN3O2. The molecule has 0 bridgehead atoms. The molecule has 0 aromatic carbocycles. The smallest absolute Gasteiger partial charge is 0.112 e. The molecule has 1 fully saturated rings. The quantitative estimate of drug-likeness (QED) is 0.744. The van der Waals surface area contributed by atoms with Gasteiger partial charge >= 0.3 is 0 Å². The largest absolute Gasteiger partial charge is 0.383 e. The molecule has 0 unspecified atom stereocenters. The number of hydrogen-bond donors (Lipinski definition) is 1. The van der Waals surface area contributed by atoms with Crippen LogP contribution in [0.15, 0.2) is 29.0 Å². The van der Waals surface area contributed by atoms with E-state index in [1.165, 1.54) is 0 Å². The maximum atomic E-state index is 5.78. The summed E-state index contributed by atoms with van der Waals surface area (Å²) in [4.78, 5) is 8.79. The maximum Gasteiger partial charge on any atom is 0.112 e. The Hall–Kier alpha value is -1.24. The van der Waals surface area contributed by atoms with Gasteiger partial charge in [-0.2, -0.15) is 0 Å². The minimum absolute atomic E-state index is 0.670. The fraction of sp³-hybridized carbons (Fsp3) is 0.529. The predicted octanol–water partition coefficient (Wildman–Crippen LogP) is 3.64. The first kappa shape index (κ1) is 16.6. The highest BCUT2D eigenvalue weighted by atomic mass is 79.9. The van der Waals surface area contributed by atoms with E-state index in [1.54, 1.807) is 12.4 Å². The number of aromatic nitrogens is 2. The van der Waals surface area contributed by atoms with E-state index in [0.29, 0.717) is 5.92 Å². The second-order valence-corrected chi connectivity index (χ2v) is 6.71. The number of ether oxygens (including phenoxy) is 2. The van der Waals surface area contributed by atoms with Crippen LogP contribution in [0, 0.1) is 5.92 Å². The van der Waals surface area contributed by atoms with E-state index in [9.17, 15) is 0 Å². The number of fused-ring (bicyclic) bond motifs is 1. The topological polar surface area (TPSA) is 56.3 Å². The lowest BCUT2D eigenvalue weighted by atomic mass is 10.0. The molecule has 124 valence electrons. The molecule has 23 heavy (non-hydrogen) atoms. The lowest BCUT2D eigenvalue weighted by Crippen LogP contribution is -2.20. The van der Waals surface area contributed by atoms with Gasteiger partial charge in [-0.1, -0.05) is 0 Å². The third-order valence-electron chi connectivity index (χ3n) is 4.02. The summed E-state index contributed by atoms with van der Waals surface area (Å²) in [7, 11) is 0. The molecule has 0 amide bonds. The fourth-order valence-corrected chi connectivity index (χ4v) is 3.03. The van der Waals surface area contributed by atoms with Gasteiger partial charge in [0.05, 0.1) is 11.2 Å². The molecule has 1 aliphatic heterocycles. The molecule has 5 nitrogen and oxygen atoms in total. The Bertz CT molecular complexity index is 632. The van der Waals surface area contributed by atoms with Crippen LogP contribution in [0.3, 0.4) is 0 Å². The molecule has 0 spiro atoms. The molecule has 0 aliphatic carbocycles. The summed E-state index contributed by atoms with van der Waals surface area (Å²) in [6, 6.07) is 3.94. The fourth-order valence-electron chi connectivity index (χ4n) is 2.71. The van der Waals surface area contributed by atoms with Crippen LogP contribution in [0.4, 0.5) is 5.69 Å². The molecule has 3 heterocycles. The summed E-state index contributed by atoms with van der Waals surface area (Å²) in [5.74, 6) is 0.670. The van der Waals surface area contributed by atoms with Crippen molar-refractivity contribution in [1.29, 1.82) is 0 Å². The standard InChI is InChI=1S/C17H22BrN3O2/c18-14-10-16-17(21-11-14)15(2-6-20-16)19-5-1-7-23-12-13-3-8-22-9-4-13/h2,6,10-11,13H,1,3-5,7-9,12H2,(H,19,20). The molecule has 2 aromatic rings. The summed E-state index contributed by atoms with van der Waals surface area (Å²) in [6.45, 7) is 4.27. The van der Waals surface area contributed by atoms with Crippen LogP contribution < -0.4 is 5.32 Å². The first-order valence-corrected chi connectivity index (χ1v) is 8.92. The van der Waals surface area contributed by atoms with Gasteiger partial charge in [-0.3, -0.25) is 9.97 Å². The molecule has 3 rings (SSSR count). The Morgan fingerprint density at radius 2 is 2.17 bits per heavy atom. The van der Waals surface area contributed by atoms with Gasteiger partial charge in [-0.25, -0.2) is 0 Å². The highest BCUT2D eigenvalue weighted by molar-refractivity contribution is 9.10. The van der Waals surface area contributed by atoms with Crippen molar-refractivity contribution < 1.29 is 9.47 Å². The Kier molecular flexibility index (Phi) is 6.19. The average molecular weight is 380 g/mol. The van der Waals surface area contributed by atoms with Crippen LogP contribution in [-0.4, -0.2) is 42.9 Å². The van der Waals surface area contributed by atoms with E-state index in [2.05, 4.69) is 31.2 Å². The average Bonchev–Trinajstić information content (AvgIpc) is 2.58. The van der Waals surface area contributed by atoms with Crippen molar-refractivity contribution in [2.75, 3.05) is 38.3 Å². The van der Waals surface area contributed by atoms with E-state index in [0.717, 1.165) is 73.4 Å². The van der Waals surface area contributed by atoms with Crippen LogP contribution >= 0.6 is 15.9 Å². The van der Waals surface area contributed by atoms with E-state index in [1.807, 2.05) is 12.1 Å². The number of rotatable bonds is 7. The van der Waals surface area contributed by atoms with E-state index in [4.69, 9.17) is 9.47 Å². The second kappa shape index (κ2) is 8.57. The third-order valence-corrected chi connectivity index (χ3v) is 4.45. The van der Waals surface area contributed by atoms with Gasteiger partial charge in [0.1, 0.15) is 5.52 Å². The Labute approximate surface area is 144 Å². The van der Waals surface area contributed by atoms with Crippen molar-refractivity contribution in [1.82, 2.24) is 9.97 Å². The summed E-state index contributed by atoms with van der Waals surface area (Å²) in [5, 5.41) is 3.43. The summed E-state index contributed by atoms with van der Waals surface area (Å²) in [5.41, 5.74) is 2.81. The minimum atomic E-state index is 0.670. The monoisotopic (exact) mass is 379 g/mol. The number of anilines is 1. The van der Waals surface area contributed by atoms with Crippen LogP contribution in [0.5, 0.6) is 0 Å². The zero-order valence-electron chi connectivity index (χ0n) is 13.1. The summed E-state index contributed by atoms with van der Waals surface area (Å²) >= 11 is 3.42. The van der Waals surface area contributed by atoms with Crippen molar-refractivity contribution in [2.24, 2.45) is 5.92 Å². The molecule has 6 heteroatoms. The van der Waals surface area contributed by atoms with Gasteiger partial charge in [0.25, 0.3) is 0 Å². The van der Waals surface area contributed by atoms with E-state index in [-0.39, 0.29) is 0 Å². The highest BCUT2D eigenvalue weighted by Crippen LogP contribution is 2.22. The lowest BCUT2D eigenvalue weighted by molar-refractivity contribution is 0.0206. The number of hydrogen-bond acceptors (Lipinski definition) is 5. The van der Waals surface area contributed by atoms with Crippen LogP contribution in [0.2, 0.25) is 0 Å². The number of pyridine rings is 2. The lowest BCUT2D eigenvalue weighted by Gasteiger charge is -2.21. The SMILES string of the molecule is Brc1cnc2c(NCCCOCC3CCOCC3)ccnc2c1. The number of nitrogens with zero attached hydrogens (tertiary/aromatic N) is 2. The van der Waals surface area contributed by atoms with Crippen LogP contribution in [0.25, 0.3) is 11.0 Å². The van der Waals surface area contributed by atoms with Crippen molar-refractivity contribution in [3.63, 3.8) is 0 Å². The summed E-state index contributed by atoms with van der Waals surface area (Å²) < 4.78 is 12.1. The third kappa shape index (κ3) is 4.86. The molecular weight excluding hydrogens is 358 g/mol. The van der Waals surface area contributed by atoms with Gasteiger partial charge in [-0.05, 0) is 53.2 Å². The van der Waals surface area contributed by atoms with Gasteiger partial charge < -0.3 is 14.8 Å². The first-order valence-electron chi connectivity index (χ1n) is 8.12. The first-order chi connectivity index (χ1) is 11.3. The van der Waals surface area contributed by atoms with Gasteiger partial charge in [0, 0.05) is 49.8 Å². The summed E-state index contributed by atoms with van der Waals surface area (Å²) in [6.07, 6.45) is 6.83. The van der Waals surface area contributed by atoms with Crippen molar-refractivity contribution in [3.05, 3.63) is 29.0 Å². The zero-order valence-corrected chi connectivity index (χ0v) is 14.7. The Morgan fingerprint density at radius 1 is 1.30 bits per heavy atom.